The van der Waals surface area contributed by atoms with Crippen LogP contribution in [-0.2, 0) is 4.74 Å². The van der Waals surface area contributed by atoms with Crippen molar-refractivity contribution in [1.29, 1.82) is 0 Å². The van der Waals surface area contributed by atoms with Gasteiger partial charge in [-0.25, -0.2) is 19.7 Å². The van der Waals surface area contributed by atoms with E-state index in [2.05, 4.69) is 30.2 Å². The van der Waals surface area contributed by atoms with Crippen LogP contribution in [0, 0.1) is 6.92 Å². The van der Waals surface area contributed by atoms with Crippen LogP contribution in [-0.4, -0.2) is 38.4 Å². The van der Waals surface area contributed by atoms with E-state index in [0.29, 0.717) is 43.8 Å². The highest BCUT2D eigenvalue weighted by atomic mass is 35.5. The lowest BCUT2D eigenvalue weighted by Crippen LogP contribution is -2.11. The number of hydrogen-bond acceptors (Lipinski definition) is 7. The van der Waals surface area contributed by atoms with Gasteiger partial charge < -0.3 is 4.74 Å². The van der Waals surface area contributed by atoms with E-state index in [9.17, 15) is 4.79 Å². The number of anilines is 1. The maximum atomic E-state index is 11.5. The van der Waals surface area contributed by atoms with E-state index >= 15 is 0 Å². The van der Waals surface area contributed by atoms with Crippen molar-refractivity contribution in [3.63, 3.8) is 0 Å². The molecule has 1 amide bonds. The van der Waals surface area contributed by atoms with E-state index in [1.54, 1.807) is 30.5 Å². The highest BCUT2D eigenvalue weighted by Crippen LogP contribution is 2.42. The third-order valence-corrected chi connectivity index (χ3v) is 5.68. The van der Waals surface area contributed by atoms with Gasteiger partial charge in [0.05, 0.1) is 17.8 Å². The number of rotatable bonds is 4. The van der Waals surface area contributed by atoms with E-state index < -0.39 is 6.09 Å². The molecule has 0 aliphatic heterocycles. The Morgan fingerprint density at radius 2 is 2.03 bits per heavy atom. The topological polar surface area (TPSA) is 106 Å². The second-order valence-corrected chi connectivity index (χ2v) is 7.95. The third-order valence-electron chi connectivity index (χ3n) is 4.04. The first-order valence-corrected chi connectivity index (χ1v) is 10.2. The van der Waals surface area contributed by atoms with Gasteiger partial charge in [-0.1, -0.05) is 23.2 Å². The zero-order chi connectivity index (χ0) is 21.3. The monoisotopic (exact) mass is 460 g/mol. The van der Waals surface area contributed by atoms with E-state index in [1.807, 2.05) is 13.0 Å². The number of carbonyl (C=O) groups excluding carboxylic acids is 1. The van der Waals surface area contributed by atoms with Crippen molar-refractivity contribution in [2.24, 2.45) is 0 Å². The van der Waals surface area contributed by atoms with Crippen LogP contribution in [0.15, 0.2) is 36.5 Å². The molecule has 3 aromatic heterocycles. The van der Waals surface area contributed by atoms with Gasteiger partial charge in [0.1, 0.15) is 21.5 Å². The van der Waals surface area contributed by atoms with Gasteiger partial charge in [0.2, 0.25) is 0 Å². The molecule has 2 N–H and O–H groups in total. The fourth-order valence-corrected chi connectivity index (χ4v) is 4.20. The Morgan fingerprint density at radius 3 is 2.73 bits per heavy atom. The molecule has 3 heterocycles. The Labute approximate surface area is 185 Å². The molecule has 0 aliphatic rings. The molecule has 0 bridgehead atoms. The zero-order valence-corrected chi connectivity index (χ0v) is 18.1. The van der Waals surface area contributed by atoms with Gasteiger partial charge in [-0.3, -0.25) is 10.4 Å². The number of halogens is 2. The number of nitrogens with one attached hydrogen (secondary N) is 2. The number of H-pyrrole nitrogens is 1. The largest absolute Gasteiger partial charge is 0.453 e. The fourth-order valence-electron chi connectivity index (χ4n) is 2.69. The summed E-state index contributed by atoms with van der Waals surface area (Å²) in [5.74, 6) is 1.54. The normalized spacial score (nSPS) is 10.8. The van der Waals surface area contributed by atoms with Crippen LogP contribution in [0.5, 0.6) is 0 Å². The van der Waals surface area contributed by atoms with E-state index in [-0.39, 0.29) is 0 Å². The molecule has 1 aromatic carbocycles. The van der Waals surface area contributed by atoms with Crippen molar-refractivity contribution >= 4 is 46.4 Å². The predicted molar refractivity (Wildman–Crippen MR) is 117 cm³/mol. The molecule has 0 fully saturated rings. The Balaban J connectivity index is 1.84. The number of aryl methyl sites for hydroxylation is 1. The molecule has 0 saturated heterocycles. The molecule has 0 radical (unpaired) electrons. The number of pyridine rings is 1. The lowest BCUT2D eigenvalue weighted by molar-refractivity contribution is 0.187. The summed E-state index contributed by atoms with van der Waals surface area (Å²) in [6, 6.07) is 8.72. The number of benzene rings is 1. The highest BCUT2D eigenvalue weighted by molar-refractivity contribution is 7.18. The Hall–Kier alpha value is -3.01. The summed E-state index contributed by atoms with van der Waals surface area (Å²) in [7, 11) is 1.29. The molecule has 0 spiro atoms. The molecule has 11 heteroatoms. The zero-order valence-electron chi connectivity index (χ0n) is 15.7. The number of carbonyl (C=O) groups is 1. The smallest absolute Gasteiger partial charge is 0.412 e. The molecule has 0 atom stereocenters. The number of methoxy groups -OCH3 is 1. The average molecular weight is 461 g/mol. The Kier molecular flexibility index (Phi) is 5.67. The van der Waals surface area contributed by atoms with Crippen LogP contribution in [0.2, 0.25) is 10.0 Å². The van der Waals surface area contributed by atoms with Crippen LogP contribution >= 0.6 is 34.5 Å². The quantitative estimate of drug-likeness (QED) is 0.419. The molecule has 4 rings (SSSR count). The van der Waals surface area contributed by atoms with Crippen molar-refractivity contribution in [2.45, 2.75) is 6.92 Å². The van der Waals surface area contributed by atoms with Crippen molar-refractivity contribution in [3.05, 3.63) is 52.4 Å². The van der Waals surface area contributed by atoms with Crippen molar-refractivity contribution in [3.8, 4) is 32.5 Å². The van der Waals surface area contributed by atoms with Crippen molar-refractivity contribution in [2.75, 3.05) is 12.4 Å². The Bertz CT molecular complexity index is 1240. The first kappa shape index (κ1) is 20.3. The molecular weight excluding hydrogens is 447 g/mol. The van der Waals surface area contributed by atoms with Crippen LogP contribution in [0.4, 0.5) is 10.6 Å². The van der Waals surface area contributed by atoms with Crippen LogP contribution in [0.1, 0.15) is 5.82 Å². The first-order chi connectivity index (χ1) is 14.4. The minimum atomic E-state index is -0.607. The summed E-state index contributed by atoms with van der Waals surface area (Å²) < 4.78 is 4.62. The van der Waals surface area contributed by atoms with Crippen molar-refractivity contribution in [1.82, 2.24) is 25.1 Å². The molecule has 0 aliphatic carbocycles. The number of ether oxygens (including phenoxy) is 1. The van der Waals surface area contributed by atoms with Gasteiger partial charge >= 0.3 is 6.09 Å². The lowest BCUT2D eigenvalue weighted by Gasteiger charge is -2.04. The summed E-state index contributed by atoms with van der Waals surface area (Å²) in [4.78, 5) is 25.6. The van der Waals surface area contributed by atoms with Gasteiger partial charge in [0, 0.05) is 22.3 Å². The second-order valence-electron chi connectivity index (χ2n) is 6.11. The summed E-state index contributed by atoms with van der Waals surface area (Å²) >= 11 is 13.9. The van der Waals surface area contributed by atoms with Gasteiger partial charge in [-0.15, -0.1) is 11.3 Å². The predicted octanol–water partition coefficient (Wildman–Crippen LogP) is 5.45. The van der Waals surface area contributed by atoms with Gasteiger partial charge in [-0.05, 0) is 37.3 Å². The van der Waals surface area contributed by atoms with E-state index in [0.717, 1.165) is 10.4 Å². The molecule has 0 unspecified atom stereocenters. The number of amides is 1. The van der Waals surface area contributed by atoms with E-state index in [4.69, 9.17) is 28.2 Å². The molecule has 4 aromatic rings. The number of aromatic nitrogens is 5. The molecular formula is C19H14Cl2N6O2S. The second kappa shape index (κ2) is 8.39. The number of aromatic amines is 1. The van der Waals surface area contributed by atoms with Crippen LogP contribution < -0.4 is 5.32 Å². The SMILES string of the molecule is COC(=O)Nc1cc(-c2nc(-c3ccc(Cl)cc3Cl)c(-c3n[nH]c(C)n3)s2)ccn1. The molecule has 152 valence electrons. The van der Waals surface area contributed by atoms with Gasteiger partial charge in [0.25, 0.3) is 0 Å². The summed E-state index contributed by atoms with van der Waals surface area (Å²) in [6.07, 6.45) is 0.970. The summed E-state index contributed by atoms with van der Waals surface area (Å²) in [5.41, 5.74) is 2.10. The summed E-state index contributed by atoms with van der Waals surface area (Å²) in [6.45, 7) is 1.82. The number of hydrogen-bond donors (Lipinski definition) is 2. The fraction of sp³-hybridized carbons (Fsp3) is 0.105. The average Bonchev–Trinajstić information content (AvgIpc) is 3.34. The van der Waals surface area contributed by atoms with E-state index in [1.165, 1.54) is 18.4 Å². The van der Waals surface area contributed by atoms with Crippen LogP contribution in [0.25, 0.3) is 32.5 Å². The molecule has 8 nitrogen and oxygen atoms in total. The molecule has 0 saturated carbocycles. The lowest BCUT2D eigenvalue weighted by atomic mass is 10.1. The minimum Gasteiger partial charge on any atom is -0.453 e. The first-order valence-electron chi connectivity index (χ1n) is 8.61. The maximum absolute atomic E-state index is 11.5. The van der Waals surface area contributed by atoms with Crippen LogP contribution in [0.3, 0.4) is 0 Å². The molecule has 30 heavy (non-hydrogen) atoms. The van der Waals surface area contributed by atoms with Gasteiger partial charge in [0.15, 0.2) is 5.82 Å². The minimum absolute atomic E-state index is 0.343. The van der Waals surface area contributed by atoms with Crippen molar-refractivity contribution < 1.29 is 9.53 Å². The third kappa shape index (κ3) is 4.13. The Morgan fingerprint density at radius 1 is 1.20 bits per heavy atom. The highest BCUT2D eigenvalue weighted by Gasteiger charge is 2.21. The van der Waals surface area contributed by atoms with Gasteiger partial charge in [-0.2, -0.15) is 5.10 Å². The summed E-state index contributed by atoms with van der Waals surface area (Å²) in [5, 5.41) is 11.3. The maximum Gasteiger partial charge on any atom is 0.412 e. The standard InChI is InChI=1S/C19H14Cl2N6O2S/c1-9-23-17(27-26-9)16-15(12-4-3-11(20)8-13(12)21)25-18(30-16)10-5-6-22-14(7-10)24-19(28)29-2/h3-8H,1-2H3,(H,22,24,28)(H,23,26,27). The number of nitrogens with zero attached hydrogens (tertiary/aromatic N) is 4. The number of thiazole rings is 1.